The van der Waals surface area contributed by atoms with Crippen molar-refractivity contribution in [2.75, 3.05) is 11.5 Å². The van der Waals surface area contributed by atoms with Crippen molar-refractivity contribution in [1.29, 1.82) is 0 Å². The highest BCUT2D eigenvalue weighted by Crippen LogP contribution is 2.25. The van der Waals surface area contributed by atoms with Gasteiger partial charge in [0.2, 0.25) is 0 Å². The van der Waals surface area contributed by atoms with E-state index in [1.165, 1.54) is 6.42 Å². The van der Waals surface area contributed by atoms with E-state index in [2.05, 4.69) is 23.8 Å². The normalized spacial score (nSPS) is 11.1. The molecule has 90 valence electrons. The Balaban J connectivity index is 2.74. The number of hydrogen-bond donors (Lipinski definition) is 1. The van der Waals surface area contributed by atoms with Gasteiger partial charge in [0, 0.05) is 12.0 Å². The predicted octanol–water partition coefficient (Wildman–Crippen LogP) is 3.07. The van der Waals surface area contributed by atoms with E-state index in [0.29, 0.717) is 5.82 Å². The van der Waals surface area contributed by atoms with Crippen molar-refractivity contribution in [3.63, 3.8) is 0 Å². The summed E-state index contributed by atoms with van der Waals surface area (Å²) in [6.45, 7) is 8.51. The maximum atomic E-state index is 5.86. The lowest BCUT2D eigenvalue weighted by Crippen LogP contribution is -2.04. The number of rotatable bonds is 5. The van der Waals surface area contributed by atoms with Crippen LogP contribution in [0.25, 0.3) is 0 Å². The highest BCUT2D eigenvalue weighted by molar-refractivity contribution is 7.99. The molecule has 0 spiro atoms. The van der Waals surface area contributed by atoms with E-state index in [0.717, 1.165) is 34.5 Å². The predicted molar refractivity (Wildman–Crippen MR) is 70.7 cm³/mol. The quantitative estimate of drug-likeness (QED) is 0.634. The molecule has 16 heavy (non-hydrogen) atoms. The molecule has 0 unspecified atom stereocenters. The van der Waals surface area contributed by atoms with Gasteiger partial charge in [-0.2, -0.15) is 0 Å². The summed E-state index contributed by atoms with van der Waals surface area (Å²) in [5.74, 6) is 3.30. The van der Waals surface area contributed by atoms with Crippen LogP contribution < -0.4 is 5.73 Å². The van der Waals surface area contributed by atoms with E-state index in [4.69, 9.17) is 5.73 Å². The van der Waals surface area contributed by atoms with E-state index in [9.17, 15) is 0 Å². The topological polar surface area (TPSA) is 51.8 Å². The molecule has 3 nitrogen and oxygen atoms in total. The first-order valence-electron chi connectivity index (χ1n) is 5.80. The maximum absolute atomic E-state index is 5.86. The van der Waals surface area contributed by atoms with Crippen LogP contribution in [0.15, 0.2) is 5.03 Å². The Bertz CT molecular complexity index is 350. The van der Waals surface area contributed by atoms with Gasteiger partial charge in [-0.3, -0.25) is 0 Å². The largest absolute Gasteiger partial charge is 0.383 e. The molecule has 0 radical (unpaired) electrons. The highest BCUT2D eigenvalue weighted by atomic mass is 32.2. The van der Waals surface area contributed by atoms with Crippen LogP contribution in [0.4, 0.5) is 5.82 Å². The minimum Gasteiger partial charge on any atom is -0.383 e. The summed E-state index contributed by atoms with van der Waals surface area (Å²) in [5, 5.41) is 1.05. The van der Waals surface area contributed by atoms with Crippen LogP contribution in [0.1, 0.15) is 38.6 Å². The number of aromatic nitrogens is 2. The number of thioether (sulfide) groups is 1. The Hall–Kier alpha value is -0.770. The first-order valence-corrected chi connectivity index (χ1v) is 6.79. The zero-order chi connectivity index (χ0) is 12.1. The minimum atomic E-state index is 0.624. The molecule has 0 saturated carbocycles. The van der Waals surface area contributed by atoms with Crippen molar-refractivity contribution in [3.8, 4) is 0 Å². The van der Waals surface area contributed by atoms with Gasteiger partial charge in [-0.15, -0.1) is 11.8 Å². The summed E-state index contributed by atoms with van der Waals surface area (Å²) in [7, 11) is 0. The SMILES string of the molecule is CCc1nc(N)c(C)c(SCCC(C)C)n1. The lowest BCUT2D eigenvalue weighted by molar-refractivity contribution is 0.631. The van der Waals surface area contributed by atoms with Gasteiger partial charge in [-0.05, 0) is 25.0 Å². The van der Waals surface area contributed by atoms with Crippen molar-refractivity contribution < 1.29 is 0 Å². The summed E-state index contributed by atoms with van der Waals surface area (Å²) in [6, 6.07) is 0. The second-order valence-electron chi connectivity index (χ2n) is 4.34. The summed E-state index contributed by atoms with van der Waals surface area (Å²) in [5.41, 5.74) is 6.88. The lowest BCUT2D eigenvalue weighted by Gasteiger charge is -2.09. The van der Waals surface area contributed by atoms with Gasteiger partial charge in [0.25, 0.3) is 0 Å². The van der Waals surface area contributed by atoms with E-state index in [1.54, 1.807) is 11.8 Å². The summed E-state index contributed by atoms with van der Waals surface area (Å²) in [4.78, 5) is 8.77. The second kappa shape index (κ2) is 6.09. The Morgan fingerprint density at radius 3 is 2.56 bits per heavy atom. The molecule has 1 aromatic heterocycles. The Morgan fingerprint density at radius 1 is 1.31 bits per heavy atom. The van der Waals surface area contributed by atoms with Gasteiger partial charge in [-0.1, -0.05) is 20.8 Å². The summed E-state index contributed by atoms with van der Waals surface area (Å²) >= 11 is 1.79. The van der Waals surface area contributed by atoms with Crippen molar-refractivity contribution >= 4 is 17.6 Å². The van der Waals surface area contributed by atoms with Crippen LogP contribution in [-0.2, 0) is 6.42 Å². The zero-order valence-electron chi connectivity index (χ0n) is 10.6. The van der Waals surface area contributed by atoms with Gasteiger partial charge >= 0.3 is 0 Å². The Kier molecular flexibility index (Phi) is 5.06. The number of hydrogen-bond acceptors (Lipinski definition) is 4. The third-order valence-electron chi connectivity index (χ3n) is 2.44. The summed E-state index contributed by atoms with van der Waals surface area (Å²) in [6.07, 6.45) is 2.04. The van der Waals surface area contributed by atoms with Crippen molar-refractivity contribution in [2.45, 2.75) is 45.6 Å². The van der Waals surface area contributed by atoms with E-state index < -0.39 is 0 Å². The van der Waals surface area contributed by atoms with Gasteiger partial charge in [0.1, 0.15) is 16.7 Å². The molecule has 0 aliphatic heterocycles. The molecule has 0 aliphatic carbocycles. The molecule has 1 rings (SSSR count). The van der Waals surface area contributed by atoms with E-state index >= 15 is 0 Å². The molecule has 1 heterocycles. The number of nitrogen functional groups attached to an aromatic ring is 1. The molecule has 0 aromatic carbocycles. The fourth-order valence-electron chi connectivity index (χ4n) is 1.25. The maximum Gasteiger partial charge on any atom is 0.131 e. The monoisotopic (exact) mass is 239 g/mol. The molecule has 0 bridgehead atoms. The standard InChI is InChI=1S/C12H21N3S/c1-5-10-14-11(13)9(4)12(15-10)16-7-6-8(2)3/h8H,5-7H2,1-4H3,(H2,13,14,15). The van der Waals surface area contributed by atoms with Crippen LogP contribution in [0.3, 0.4) is 0 Å². The first kappa shape index (κ1) is 13.3. The fraction of sp³-hybridized carbons (Fsp3) is 0.667. The average Bonchev–Trinajstić information content (AvgIpc) is 2.23. The van der Waals surface area contributed by atoms with Crippen LogP contribution in [0.5, 0.6) is 0 Å². The van der Waals surface area contributed by atoms with Gasteiger partial charge in [0.05, 0.1) is 0 Å². The summed E-state index contributed by atoms with van der Waals surface area (Å²) < 4.78 is 0. The van der Waals surface area contributed by atoms with Crippen LogP contribution in [-0.4, -0.2) is 15.7 Å². The molecule has 4 heteroatoms. The minimum absolute atomic E-state index is 0.624. The van der Waals surface area contributed by atoms with Crippen LogP contribution in [0.2, 0.25) is 0 Å². The van der Waals surface area contributed by atoms with Gasteiger partial charge < -0.3 is 5.73 Å². The van der Waals surface area contributed by atoms with Crippen molar-refractivity contribution in [2.24, 2.45) is 5.92 Å². The molecule has 0 amide bonds. The number of nitrogens with two attached hydrogens (primary N) is 1. The molecule has 0 aliphatic rings. The second-order valence-corrected chi connectivity index (χ2v) is 5.42. The van der Waals surface area contributed by atoms with Gasteiger partial charge in [0.15, 0.2) is 0 Å². The van der Waals surface area contributed by atoms with Crippen LogP contribution >= 0.6 is 11.8 Å². The first-order chi connectivity index (χ1) is 7.54. The third kappa shape index (κ3) is 3.67. The highest BCUT2D eigenvalue weighted by Gasteiger charge is 2.08. The van der Waals surface area contributed by atoms with E-state index in [-0.39, 0.29) is 0 Å². The Morgan fingerprint density at radius 2 is 2.00 bits per heavy atom. The van der Waals surface area contributed by atoms with Gasteiger partial charge in [-0.25, -0.2) is 9.97 Å². The molecule has 2 N–H and O–H groups in total. The third-order valence-corrected chi connectivity index (χ3v) is 3.55. The molecular formula is C12H21N3S. The van der Waals surface area contributed by atoms with Crippen LogP contribution in [0, 0.1) is 12.8 Å². The number of nitrogens with zero attached hydrogens (tertiary/aromatic N) is 2. The van der Waals surface area contributed by atoms with Crippen molar-refractivity contribution in [1.82, 2.24) is 9.97 Å². The average molecular weight is 239 g/mol. The number of anilines is 1. The molecular weight excluding hydrogens is 218 g/mol. The smallest absolute Gasteiger partial charge is 0.131 e. The Labute approximate surface area is 102 Å². The molecule has 0 fully saturated rings. The lowest BCUT2D eigenvalue weighted by atomic mass is 10.2. The molecule has 0 saturated heterocycles. The molecule has 0 atom stereocenters. The van der Waals surface area contributed by atoms with E-state index in [1.807, 2.05) is 13.8 Å². The zero-order valence-corrected chi connectivity index (χ0v) is 11.4. The number of aryl methyl sites for hydroxylation is 1. The molecule has 1 aromatic rings. The van der Waals surface area contributed by atoms with Crippen molar-refractivity contribution in [3.05, 3.63) is 11.4 Å². The fourth-order valence-corrected chi connectivity index (χ4v) is 2.52.